The van der Waals surface area contributed by atoms with Crippen LogP contribution >= 0.6 is 35.7 Å². The highest BCUT2D eigenvalue weighted by atomic mass is 127. The van der Waals surface area contributed by atoms with E-state index in [0.717, 1.165) is 51.1 Å². The van der Waals surface area contributed by atoms with E-state index >= 15 is 0 Å². The molecule has 1 atom stereocenters. The van der Waals surface area contributed by atoms with Gasteiger partial charge in [0.15, 0.2) is 5.96 Å². The normalized spacial score (nSPS) is 19.2. The van der Waals surface area contributed by atoms with Crippen molar-refractivity contribution in [2.24, 2.45) is 4.99 Å². The van der Waals surface area contributed by atoms with Gasteiger partial charge in [-0.3, -0.25) is 9.89 Å². The number of guanidine groups is 1. The van der Waals surface area contributed by atoms with Crippen LogP contribution in [0.15, 0.2) is 4.99 Å². The molecule has 0 aromatic rings. The van der Waals surface area contributed by atoms with Crippen LogP contribution in [0.25, 0.3) is 0 Å². The number of aliphatic imine (C=N–C) groups is 1. The Hall–Kier alpha value is 0.230. The van der Waals surface area contributed by atoms with E-state index in [4.69, 9.17) is 4.74 Å². The van der Waals surface area contributed by atoms with Crippen molar-refractivity contribution in [1.82, 2.24) is 15.5 Å². The molecule has 1 aliphatic heterocycles. The number of halogens is 1. The third-order valence-corrected chi connectivity index (χ3v) is 3.80. The van der Waals surface area contributed by atoms with Crippen LogP contribution in [0.5, 0.6) is 0 Å². The van der Waals surface area contributed by atoms with Crippen molar-refractivity contribution in [2.75, 3.05) is 64.5 Å². The number of morpholine rings is 1. The number of hydrogen-bond donors (Lipinski definition) is 3. The summed E-state index contributed by atoms with van der Waals surface area (Å²) in [5.74, 6) is 1.81. The predicted molar refractivity (Wildman–Crippen MR) is 106 cm³/mol. The Labute approximate surface area is 155 Å². The summed E-state index contributed by atoms with van der Waals surface area (Å²) in [6, 6.07) is 0. The van der Waals surface area contributed by atoms with Gasteiger partial charge in [0, 0.05) is 38.5 Å². The quantitative estimate of drug-likeness (QED) is 0.220. The monoisotopic (exact) mass is 446 g/mol. The van der Waals surface area contributed by atoms with E-state index in [1.54, 1.807) is 11.8 Å². The summed E-state index contributed by atoms with van der Waals surface area (Å²) in [5, 5.41) is 17.0. The molecule has 1 rings (SSSR count). The fourth-order valence-corrected chi connectivity index (χ4v) is 2.46. The van der Waals surface area contributed by atoms with Crippen LogP contribution in [0.4, 0.5) is 0 Å². The van der Waals surface area contributed by atoms with Gasteiger partial charge in [0.1, 0.15) is 0 Å². The molecule has 0 aliphatic carbocycles. The van der Waals surface area contributed by atoms with Gasteiger partial charge in [-0.1, -0.05) is 0 Å². The fourth-order valence-electron chi connectivity index (χ4n) is 2.15. The molecular weight excluding hydrogens is 415 g/mol. The van der Waals surface area contributed by atoms with Crippen molar-refractivity contribution in [3.05, 3.63) is 0 Å². The van der Waals surface area contributed by atoms with Crippen molar-refractivity contribution in [1.29, 1.82) is 0 Å². The molecule has 1 aliphatic rings. The average Bonchev–Trinajstić information content (AvgIpc) is 2.46. The Morgan fingerprint density at radius 3 is 2.64 bits per heavy atom. The smallest absolute Gasteiger partial charge is 0.191 e. The summed E-state index contributed by atoms with van der Waals surface area (Å²) < 4.78 is 5.33. The predicted octanol–water partition coefficient (Wildman–Crippen LogP) is 0.606. The SMILES string of the molecule is CCNC(=NCC(C)(O)CN1CCOCC1)NCCSC.I. The molecule has 1 saturated heterocycles. The standard InChI is InChI=1S/C14H30N4O2S.HI/c1-4-15-13(16-5-10-21-3)17-11-14(2,19)12-18-6-8-20-9-7-18;/h19H,4-12H2,1-3H3,(H2,15,16,17);1H. The summed E-state index contributed by atoms with van der Waals surface area (Å²) in [4.78, 5) is 6.73. The van der Waals surface area contributed by atoms with Gasteiger partial charge < -0.3 is 20.5 Å². The lowest BCUT2D eigenvalue weighted by Crippen LogP contribution is -2.48. The molecule has 22 heavy (non-hydrogen) atoms. The maximum atomic E-state index is 10.5. The van der Waals surface area contributed by atoms with E-state index in [9.17, 15) is 5.11 Å². The van der Waals surface area contributed by atoms with Gasteiger partial charge >= 0.3 is 0 Å². The van der Waals surface area contributed by atoms with Crippen molar-refractivity contribution in [3.63, 3.8) is 0 Å². The van der Waals surface area contributed by atoms with Crippen LogP contribution < -0.4 is 10.6 Å². The number of aliphatic hydroxyl groups is 1. The number of β-amino-alcohol motifs (C(OH)–C–C–N with tert-alkyl or cyclic N) is 1. The topological polar surface area (TPSA) is 69.1 Å². The second kappa shape index (κ2) is 12.6. The van der Waals surface area contributed by atoms with Gasteiger partial charge in [-0.25, -0.2) is 0 Å². The van der Waals surface area contributed by atoms with E-state index in [0.29, 0.717) is 13.1 Å². The summed E-state index contributed by atoms with van der Waals surface area (Å²) >= 11 is 1.80. The Kier molecular flexibility index (Phi) is 12.8. The molecule has 0 aromatic heterocycles. The van der Waals surface area contributed by atoms with Crippen LogP contribution in [0, 0.1) is 0 Å². The van der Waals surface area contributed by atoms with Gasteiger partial charge in [0.2, 0.25) is 0 Å². The van der Waals surface area contributed by atoms with Crippen LogP contribution in [0.3, 0.4) is 0 Å². The lowest BCUT2D eigenvalue weighted by atomic mass is 10.1. The van der Waals surface area contributed by atoms with Crippen molar-refractivity contribution >= 4 is 41.7 Å². The van der Waals surface area contributed by atoms with Gasteiger partial charge in [0.25, 0.3) is 0 Å². The number of thioether (sulfide) groups is 1. The highest BCUT2D eigenvalue weighted by Gasteiger charge is 2.25. The molecule has 0 radical (unpaired) electrons. The van der Waals surface area contributed by atoms with Gasteiger partial charge in [0.05, 0.1) is 25.4 Å². The van der Waals surface area contributed by atoms with E-state index in [1.807, 2.05) is 13.8 Å². The van der Waals surface area contributed by atoms with Gasteiger partial charge in [-0.2, -0.15) is 11.8 Å². The van der Waals surface area contributed by atoms with E-state index in [-0.39, 0.29) is 24.0 Å². The van der Waals surface area contributed by atoms with Crippen molar-refractivity contribution < 1.29 is 9.84 Å². The summed E-state index contributed by atoms with van der Waals surface area (Å²) in [6.45, 7) is 9.85. The Morgan fingerprint density at radius 2 is 2.05 bits per heavy atom. The number of hydrogen-bond acceptors (Lipinski definition) is 5. The molecule has 0 spiro atoms. The molecule has 132 valence electrons. The van der Waals surface area contributed by atoms with Crippen LogP contribution in [-0.2, 0) is 4.74 Å². The van der Waals surface area contributed by atoms with Crippen LogP contribution in [0.2, 0.25) is 0 Å². The molecule has 3 N–H and O–H groups in total. The molecule has 1 heterocycles. The summed E-state index contributed by atoms with van der Waals surface area (Å²) in [6.07, 6.45) is 2.08. The molecule has 1 fully saturated rings. The Morgan fingerprint density at radius 1 is 1.36 bits per heavy atom. The first-order chi connectivity index (χ1) is 10.1. The molecule has 8 heteroatoms. The maximum absolute atomic E-state index is 10.5. The molecule has 0 aromatic carbocycles. The van der Waals surface area contributed by atoms with E-state index < -0.39 is 5.60 Å². The molecular formula is C14H31IN4O2S. The third kappa shape index (κ3) is 10.1. The van der Waals surface area contributed by atoms with Crippen molar-refractivity contribution in [3.8, 4) is 0 Å². The average molecular weight is 446 g/mol. The number of nitrogens with zero attached hydrogens (tertiary/aromatic N) is 2. The Balaban J connectivity index is 0.00000441. The first-order valence-electron chi connectivity index (χ1n) is 7.61. The van der Waals surface area contributed by atoms with Gasteiger partial charge in [-0.05, 0) is 20.1 Å². The number of ether oxygens (including phenoxy) is 1. The third-order valence-electron chi connectivity index (χ3n) is 3.19. The van der Waals surface area contributed by atoms with Crippen LogP contribution in [-0.4, -0.2) is 86.1 Å². The number of nitrogens with one attached hydrogen (secondary N) is 2. The minimum Gasteiger partial charge on any atom is -0.387 e. The first kappa shape index (κ1) is 22.2. The zero-order chi connectivity index (χ0) is 15.6. The minimum atomic E-state index is -0.820. The van der Waals surface area contributed by atoms with E-state index in [1.165, 1.54) is 0 Å². The molecule has 0 amide bonds. The summed E-state index contributed by atoms with van der Waals surface area (Å²) in [5.41, 5.74) is -0.820. The molecule has 6 nitrogen and oxygen atoms in total. The van der Waals surface area contributed by atoms with Crippen LogP contribution in [0.1, 0.15) is 13.8 Å². The van der Waals surface area contributed by atoms with Crippen molar-refractivity contribution in [2.45, 2.75) is 19.4 Å². The molecule has 0 saturated carbocycles. The Bertz CT molecular complexity index is 313. The molecule has 1 unspecified atom stereocenters. The highest BCUT2D eigenvalue weighted by Crippen LogP contribution is 2.09. The van der Waals surface area contributed by atoms with Gasteiger partial charge in [-0.15, -0.1) is 24.0 Å². The second-order valence-corrected chi connectivity index (χ2v) is 6.49. The largest absolute Gasteiger partial charge is 0.387 e. The summed E-state index contributed by atoms with van der Waals surface area (Å²) in [7, 11) is 0. The zero-order valence-electron chi connectivity index (χ0n) is 13.9. The fraction of sp³-hybridized carbons (Fsp3) is 0.929. The highest BCUT2D eigenvalue weighted by molar-refractivity contribution is 14.0. The lowest BCUT2D eigenvalue weighted by Gasteiger charge is -2.33. The van der Waals surface area contributed by atoms with E-state index in [2.05, 4.69) is 26.8 Å². The maximum Gasteiger partial charge on any atom is 0.191 e. The lowest BCUT2D eigenvalue weighted by molar-refractivity contribution is -0.0179. The minimum absolute atomic E-state index is 0. The second-order valence-electron chi connectivity index (χ2n) is 5.50. The molecule has 0 bridgehead atoms. The zero-order valence-corrected chi connectivity index (χ0v) is 17.1. The first-order valence-corrected chi connectivity index (χ1v) is 9.00. The number of rotatable bonds is 8.